The summed E-state index contributed by atoms with van der Waals surface area (Å²) >= 11 is 0. The van der Waals surface area contributed by atoms with Gasteiger partial charge in [-0.1, -0.05) is 60.1 Å². The summed E-state index contributed by atoms with van der Waals surface area (Å²) in [5.41, 5.74) is 4.10. The largest absolute Gasteiger partial charge is 0.393 e. The number of allylic oxidation sites excluding steroid dienone is 2. The number of hydrogen-bond donors (Lipinski definition) is 1. The Kier molecular flexibility index (Phi) is 4.59. The Morgan fingerprint density at radius 1 is 0.800 bits per heavy atom. The molecule has 0 aliphatic heterocycles. The Hall–Kier alpha value is -0.300. The van der Waals surface area contributed by atoms with Crippen molar-refractivity contribution in [1.82, 2.24) is 0 Å². The smallest absolute Gasteiger partial charge is 0.0571 e. The van der Waals surface area contributed by atoms with Crippen molar-refractivity contribution in [2.24, 2.45) is 50.7 Å². The van der Waals surface area contributed by atoms with Crippen LogP contribution in [0, 0.1) is 50.7 Å². The van der Waals surface area contributed by atoms with Gasteiger partial charge in [0.15, 0.2) is 0 Å². The first-order valence-electron chi connectivity index (χ1n) is 13.2. The molecule has 0 bridgehead atoms. The number of rotatable bonds is 0. The second kappa shape index (κ2) is 6.39. The number of hydrogen-bond acceptors (Lipinski definition) is 1. The van der Waals surface area contributed by atoms with Crippen LogP contribution < -0.4 is 0 Å². The lowest BCUT2D eigenvalue weighted by atomic mass is 9.36. The molecule has 1 nitrogen and oxygen atoms in total. The first-order valence-corrected chi connectivity index (χ1v) is 13.2. The molecule has 0 amide bonds. The lowest BCUT2D eigenvalue weighted by Gasteiger charge is -2.68. The molecule has 4 saturated carbocycles. The van der Waals surface area contributed by atoms with E-state index in [1.807, 2.05) is 5.57 Å². The summed E-state index contributed by atoms with van der Waals surface area (Å²) < 4.78 is 0. The van der Waals surface area contributed by atoms with Gasteiger partial charge in [-0.3, -0.25) is 0 Å². The molecule has 0 aromatic rings. The van der Waals surface area contributed by atoms with Gasteiger partial charge in [0.1, 0.15) is 0 Å². The SMILES string of the molecule is C[C@H]1[C@@H](O)CC[C@@H]2[C@]3(C)CC[C@]4(C)C(=CC[C@@]5(C)CCC(C)(C)C[C@H]54)[C@H]3CC[C@@]21C. The molecule has 0 heterocycles. The van der Waals surface area contributed by atoms with Crippen LogP contribution in [0.25, 0.3) is 0 Å². The van der Waals surface area contributed by atoms with Crippen LogP contribution in [0.2, 0.25) is 0 Å². The van der Waals surface area contributed by atoms with E-state index in [-0.39, 0.29) is 6.10 Å². The van der Waals surface area contributed by atoms with Crippen LogP contribution in [0.5, 0.6) is 0 Å². The van der Waals surface area contributed by atoms with Gasteiger partial charge < -0.3 is 5.11 Å². The molecule has 9 atom stereocenters. The van der Waals surface area contributed by atoms with E-state index in [1.165, 1.54) is 57.8 Å². The van der Waals surface area contributed by atoms with Gasteiger partial charge in [0, 0.05) is 0 Å². The van der Waals surface area contributed by atoms with Crippen LogP contribution in [0.4, 0.5) is 0 Å². The Balaban J connectivity index is 1.53. The van der Waals surface area contributed by atoms with E-state index in [4.69, 9.17) is 0 Å². The topological polar surface area (TPSA) is 20.2 Å². The minimum Gasteiger partial charge on any atom is -0.393 e. The first kappa shape index (κ1) is 21.5. The van der Waals surface area contributed by atoms with Gasteiger partial charge in [0.2, 0.25) is 0 Å². The lowest BCUT2D eigenvalue weighted by molar-refractivity contribution is -0.164. The Labute approximate surface area is 186 Å². The highest BCUT2D eigenvalue weighted by Gasteiger charge is 2.64. The summed E-state index contributed by atoms with van der Waals surface area (Å²) in [6.07, 6.45) is 16.0. The van der Waals surface area contributed by atoms with E-state index in [2.05, 4.69) is 54.5 Å². The predicted octanol–water partition coefficient (Wildman–Crippen LogP) is 7.78. The van der Waals surface area contributed by atoms with Gasteiger partial charge >= 0.3 is 0 Å². The van der Waals surface area contributed by atoms with Gasteiger partial charge in [-0.05, 0) is 115 Å². The zero-order valence-corrected chi connectivity index (χ0v) is 21.0. The highest BCUT2D eigenvalue weighted by Crippen LogP contribution is 2.73. The minimum absolute atomic E-state index is 0.0840. The maximum Gasteiger partial charge on any atom is 0.0571 e. The van der Waals surface area contributed by atoms with Crippen LogP contribution >= 0.6 is 0 Å². The number of aliphatic hydroxyl groups is 1. The fraction of sp³-hybridized carbons (Fsp3) is 0.931. The Morgan fingerprint density at radius 2 is 1.53 bits per heavy atom. The molecule has 1 N–H and O–H groups in total. The first-order chi connectivity index (χ1) is 13.9. The van der Waals surface area contributed by atoms with Gasteiger partial charge in [0.05, 0.1) is 6.10 Å². The van der Waals surface area contributed by atoms with Gasteiger partial charge in [-0.2, -0.15) is 0 Å². The summed E-state index contributed by atoms with van der Waals surface area (Å²) in [4.78, 5) is 0. The van der Waals surface area contributed by atoms with E-state index in [9.17, 15) is 5.11 Å². The van der Waals surface area contributed by atoms with Crippen LogP contribution in [-0.4, -0.2) is 11.2 Å². The molecule has 0 radical (unpaired) electrons. The highest BCUT2D eigenvalue weighted by atomic mass is 16.3. The molecule has 0 unspecified atom stereocenters. The number of aliphatic hydroxyl groups excluding tert-OH is 1. The normalized spacial score (nSPS) is 57.3. The van der Waals surface area contributed by atoms with E-state index >= 15 is 0 Å². The van der Waals surface area contributed by atoms with Crippen molar-refractivity contribution in [3.8, 4) is 0 Å². The van der Waals surface area contributed by atoms with Gasteiger partial charge in [0.25, 0.3) is 0 Å². The minimum atomic E-state index is -0.0840. The van der Waals surface area contributed by atoms with E-state index < -0.39 is 0 Å². The summed E-state index contributed by atoms with van der Waals surface area (Å²) in [6.45, 7) is 17.9. The van der Waals surface area contributed by atoms with Crippen molar-refractivity contribution in [3.05, 3.63) is 11.6 Å². The predicted molar refractivity (Wildman–Crippen MR) is 126 cm³/mol. The summed E-state index contributed by atoms with van der Waals surface area (Å²) in [5.74, 6) is 2.87. The maximum absolute atomic E-state index is 10.7. The quantitative estimate of drug-likeness (QED) is 0.403. The standard InChI is InChI=1S/C29H48O/c1-19-22(30)8-9-23-27(19,5)13-11-21-20-10-12-26(4)15-14-25(2,3)18-24(26)29(20,7)17-16-28(21,23)6/h10,19,21-24,30H,8-9,11-18H2,1-7H3/t19-,21+,22-,23-,24+,26-,27+,28+,29+/m0/s1. The van der Waals surface area contributed by atoms with Crippen LogP contribution in [0.3, 0.4) is 0 Å². The molecule has 0 aromatic heterocycles. The monoisotopic (exact) mass is 412 g/mol. The molecular weight excluding hydrogens is 364 g/mol. The molecule has 0 aromatic carbocycles. The van der Waals surface area contributed by atoms with Crippen molar-refractivity contribution in [2.75, 3.05) is 0 Å². The van der Waals surface area contributed by atoms with Crippen molar-refractivity contribution >= 4 is 0 Å². The van der Waals surface area contributed by atoms with Gasteiger partial charge in [-0.15, -0.1) is 0 Å². The third kappa shape index (κ3) is 2.69. The van der Waals surface area contributed by atoms with Crippen LogP contribution in [0.1, 0.15) is 113 Å². The molecular formula is C29H48O. The second-order valence-electron chi connectivity index (χ2n) is 14.4. The third-order valence-electron chi connectivity index (χ3n) is 12.5. The molecule has 0 spiro atoms. The van der Waals surface area contributed by atoms with Crippen molar-refractivity contribution in [2.45, 2.75) is 119 Å². The molecule has 4 fully saturated rings. The van der Waals surface area contributed by atoms with E-state index in [0.29, 0.717) is 33.0 Å². The average Bonchev–Trinajstić information content (AvgIpc) is 2.67. The maximum atomic E-state index is 10.7. The highest BCUT2D eigenvalue weighted by molar-refractivity contribution is 5.32. The zero-order chi connectivity index (χ0) is 21.7. The fourth-order valence-electron chi connectivity index (χ4n) is 10.1. The second-order valence-corrected chi connectivity index (χ2v) is 14.4. The van der Waals surface area contributed by atoms with Crippen LogP contribution in [0.15, 0.2) is 11.6 Å². The summed E-state index contributed by atoms with van der Waals surface area (Å²) in [6, 6.07) is 0. The average molecular weight is 413 g/mol. The molecule has 1 heteroatoms. The van der Waals surface area contributed by atoms with Crippen molar-refractivity contribution < 1.29 is 5.11 Å². The Bertz CT molecular complexity index is 749. The molecule has 0 saturated heterocycles. The van der Waals surface area contributed by atoms with E-state index in [1.54, 1.807) is 0 Å². The summed E-state index contributed by atoms with van der Waals surface area (Å²) in [7, 11) is 0. The van der Waals surface area contributed by atoms with Gasteiger partial charge in [-0.25, -0.2) is 0 Å². The van der Waals surface area contributed by atoms with Crippen molar-refractivity contribution in [1.29, 1.82) is 0 Å². The molecule has 30 heavy (non-hydrogen) atoms. The fourth-order valence-corrected chi connectivity index (χ4v) is 10.1. The lowest BCUT2D eigenvalue weighted by Crippen LogP contribution is -2.61. The van der Waals surface area contributed by atoms with E-state index in [0.717, 1.165) is 24.2 Å². The molecule has 170 valence electrons. The molecule has 5 rings (SSSR count). The molecule has 5 aliphatic carbocycles. The van der Waals surface area contributed by atoms with Crippen molar-refractivity contribution in [3.63, 3.8) is 0 Å². The van der Waals surface area contributed by atoms with Crippen LogP contribution in [-0.2, 0) is 0 Å². The third-order valence-corrected chi connectivity index (χ3v) is 12.5. The zero-order valence-electron chi connectivity index (χ0n) is 21.0. The molecule has 5 aliphatic rings. The summed E-state index contributed by atoms with van der Waals surface area (Å²) in [5, 5.41) is 10.7. The Morgan fingerprint density at radius 3 is 2.27 bits per heavy atom. The number of fused-ring (bicyclic) bond motifs is 7.